The van der Waals surface area contributed by atoms with Gasteiger partial charge in [-0.15, -0.1) is 0 Å². The Morgan fingerprint density at radius 3 is 2.56 bits per heavy atom. The maximum Gasteiger partial charge on any atom is 0.344 e. The molecule has 0 radical (unpaired) electrons. The van der Waals surface area contributed by atoms with Crippen LogP contribution in [-0.4, -0.2) is 5.97 Å². The van der Waals surface area contributed by atoms with Crippen molar-refractivity contribution in [1.29, 1.82) is 5.26 Å². The van der Waals surface area contributed by atoms with E-state index in [4.69, 9.17) is 16.3 Å². The molecule has 0 N–H and O–H groups in total. The second kappa shape index (κ2) is 8.68. The van der Waals surface area contributed by atoms with Crippen molar-refractivity contribution in [3.63, 3.8) is 0 Å². The van der Waals surface area contributed by atoms with E-state index in [-0.39, 0.29) is 0 Å². The van der Waals surface area contributed by atoms with Crippen LogP contribution < -0.4 is 4.74 Å². The smallest absolute Gasteiger partial charge is 0.344 e. The van der Waals surface area contributed by atoms with Crippen LogP contribution in [0.5, 0.6) is 5.75 Å². The molecule has 3 rings (SSSR count). The van der Waals surface area contributed by atoms with Gasteiger partial charge in [0.25, 0.3) is 0 Å². The number of nitrogens with zero attached hydrogens (tertiary/aromatic N) is 1. The van der Waals surface area contributed by atoms with Crippen molar-refractivity contribution < 1.29 is 9.53 Å². The molecule has 3 aromatic rings. The van der Waals surface area contributed by atoms with Crippen LogP contribution in [0.3, 0.4) is 0 Å². The molecule has 3 aromatic carbocycles. The molecule has 132 valence electrons. The van der Waals surface area contributed by atoms with Crippen LogP contribution in [0, 0.1) is 11.3 Å². The lowest BCUT2D eigenvalue weighted by Crippen LogP contribution is -2.09. The van der Waals surface area contributed by atoms with E-state index in [1.807, 2.05) is 18.2 Å². The number of halogens is 2. The van der Waals surface area contributed by atoms with Gasteiger partial charge < -0.3 is 4.74 Å². The van der Waals surface area contributed by atoms with Gasteiger partial charge in [-0.1, -0.05) is 48.0 Å². The van der Waals surface area contributed by atoms with Gasteiger partial charge in [0, 0.05) is 9.50 Å². The zero-order valence-electron chi connectivity index (χ0n) is 14.0. The van der Waals surface area contributed by atoms with Crippen molar-refractivity contribution in [3.8, 4) is 11.8 Å². The summed E-state index contributed by atoms with van der Waals surface area (Å²) in [4.78, 5) is 12.3. The van der Waals surface area contributed by atoms with Crippen molar-refractivity contribution >= 4 is 45.1 Å². The molecule has 0 saturated carbocycles. The molecule has 0 unspecified atom stereocenters. The summed E-state index contributed by atoms with van der Waals surface area (Å²) >= 11 is 9.35. The third-order valence-electron chi connectivity index (χ3n) is 3.73. The fourth-order valence-electron chi connectivity index (χ4n) is 2.46. The number of hydrogen-bond acceptors (Lipinski definition) is 3. The second-order valence-electron chi connectivity index (χ2n) is 5.62. The summed E-state index contributed by atoms with van der Waals surface area (Å²) in [5.74, 6) is -0.0631. The predicted octanol–water partition coefficient (Wildman–Crippen LogP) is 6.39. The van der Waals surface area contributed by atoms with Crippen LogP contribution in [0.1, 0.15) is 21.5 Å². The first kappa shape index (κ1) is 18.9. The lowest BCUT2D eigenvalue weighted by atomic mass is 10.0. The molecule has 27 heavy (non-hydrogen) atoms. The van der Waals surface area contributed by atoms with Gasteiger partial charge >= 0.3 is 5.97 Å². The Bertz CT molecular complexity index is 1070. The Morgan fingerprint density at radius 1 is 1.04 bits per heavy atom. The maximum atomic E-state index is 12.3. The van der Waals surface area contributed by atoms with Crippen LogP contribution >= 0.6 is 27.5 Å². The third kappa shape index (κ3) is 4.85. The summed E-state index contributed by atoms with van der Waals surface area (Å²) in [6.07, 6.45) is 1.72. The van der Waals surface area contributed by atoms with Gasteiger partial charge in [-0.3, -0.25) is 0 Å². The highest BCUT2D eigenvalue weighted by molar-refractivity contribution is 9.10. The van der Waals surface area contributed by atoms with E-state index >= 15 is 0 Å². The highest BCUT2D eigenvalue weighted by Gasteiger charge is 2.12. The van der Waals surface area contributed by atoms with Gasteiger partial charge in [-0.25, -0.2) is 4.79 Å². The largest absolute Gasteiger partial charge is 0.423 e. The third-order valence-corrected chi connectivity index (χ3v) is 4.66. The van der Waals surface area contributed by atoms with Gasteiger partial charge in [-0.2, -0.15) is 5.26 Å². The zero-order chi connectivity index (χ0) is 19.2. The van der Waals surface area contributed by atoms with Gasteiger partial charge in [-0.05, 0) is 69.5 Å². The maximum absolute atomic E-state index is 12.3. The Hall–Kier alpha value is -2.87. The van der Waals surface area contributed by atoms with Gasteiger partial charge in [0.1, 0.15) is 5.75 Å². The van der Waals surface area contributed by atoms with Crippen LogP contribution in [0.4, 0.5) is 0 Å². The quantitative estimate of drug-likeness (QED) is 0.205. The normalized spacial score (nSPS) is 10.9. The second-order valence-corrected chi connectivity index (χ2v) is 6.91. The number of esters is 1. The standard InChI is InChI=1S/C22H13BrClNO2/c23-21-10-2-1-9-20(21)22(26)27-19-8-3-5-15(12-19)11-17(14-25)16-6-4-7-18(24)13-16/h1-13H/b17-11-. The highest BCUT2D eigenvalue weighted by Crippen LogP contribution is 2.24. The molecule has 0 spiro atoms. The highest BCUT2D eigenvalue weighted by atomic mass is 79.9. The molecule has 0 bridgehead atoms. The number of carbonyl (C=O) groups excluding carboxylic acids is 1. The first-order valence-corrected chi connectivity index (χ1v) is 9.18. The number of hydrogen-bond donors (Lipinski definition) is 0. The zero-order valence-corrected chi connectivity index (χ0v) is 16.4. The molecule has 0 aromatic heterocycles. The van der Waals surface area contributed by atoms with Crippen LogP contribution in [0.25, 0.3) is 11.6 Å². The number of allylic oxidation sites excluding steroid dienone is 1. The molecule has 0 heterocycles. The lowest BCUT2D eigenvalue weighted by Gasteiger charge is -2.07. The fourth-order valence-corrected chi connectivity index (χ4v) is 3.10. The summed E-state index contributed by atoms with van der Waals surface area (Å²) < 4.78 is 6.13. The first-order valence-electron chi connectivity index (χ1n) is 8.01. The van der Waals surface area contributed by atoms with Gasteiger partial charge in [0.15, 0.2) is 0 Å². The molecule has 0 atom stereocenters. The molecule has 0 aliphatic heterocycles. The molecular formula is C22H13BrClNO2. The molecule has 0 saturated heterocycles. The van der Waals surface area contributed by atoms with E-state index in [0.717, 1.165) is 11.1 Å². The van der Waals surface area contributed by atoms with E-state index in [9.17, 15) is 10.1 Å². The van der Waals surface area contributed by atoms with E-state index < -0.39 is 5.97 Å². The van der Waals surface area contributed by atoms with Gasteiger partial charge in [0.05, 0.1) is 17.2 Å². The number of benzene rings is 3. The van der Waals surface area contributed by atoms with Crippen molar-refractivity contribution in [3.05, 3.63) is 99.0 Å². The minimum atomic E-state index is -0.459. The topological polar surface area (TPSA) is 50.1 Å². The number of ether oxygens (including phenoxy) is 1. The van der Waals surface area contributed by atoms with E-state index in [1.165, 1.54) is 0 Å². The SMILES string of the molecule is N#C/C(=C/c1cccc(OC(=O)c2ccccc2Br)c1)c1cccc(Cl)c1. The number of carbonyl (C=O) groups is 1. The Kier molecular flexibility index (Phi) is 6.08. The van der Waals surface area contributed by atoms with Crippen LogP contribution in [0.15, 0.2) is 77.3 Å². The average molecular weight is 439 g/mol. The van der Waals surface area contributed by atoms with E-state index in [2.05, 4.69) is 22.0 Å². The summed E-state index contributed by atoms with van der Waals surface area (Å²) in [5, 5.41) is 10.0. The lowest BCUT2D eigenvalue weighted by molar-refractivity contribution is 0.0734. The van der Waals surface area contributed by atoms with Crippen molar-refractivity contribution in [2.45, 2.75) is 0 Å². The summed E-state index contributed by atoms with van der Waals surface area (Å²) in [5.41, 5.74) is 2.37. The average Bonchev–Trinajstić information content (AvgIpc) is 2.66. The Morgan fingerprint density at radius 2 is 1.81 bits per heavy atom. The van der Waals surface area contributed by atoms with Crippen LogP contribution in [0.2, 0.25) is 5.02 Å². The van der Waals surface area contributed by atoms with Crippen LogP contribution in [-0.2, 0) is 0 Å². The fraction of sp³-hybridized carbons (Fsp3) is 0. The first-order chi connectivity index (χ1) is 13.1. The molecular weight excluding hydrogens is 426 g/mol. The molecule has 0 fully saturated rings. The summed E-state index contributed by atoms with van der Waals surface area (Å²) in [6, 6.07) is 23.3. The molecule has 3 nitrogen and oxygen atoms in total. The predicted molar refractivity (Wildman–Crippen MR) is 110 cm³/mol. The van der Waals surface area contributed by atoms with Crippen molar-refractivity contribution in [2.75, 3.05) is 0 Å². The monoisotopic (exact) mass is 437 g/mol. The van der Waals surface area contributed by atoms with Crippen molar-refractivity contribution in [1.82, 2.24) is 0 Å². The Labute approximate surface area is 170 Å². The summed E-state index contributed by atoms with van der Waals surface area (Å²) in [6.45, 7) is 0. The number of nitriles is 1. The minimum absolute atomic E-state index is 0.396. The van der Waals surface area contributed by atoms with E-state index in [0.29, 0.717) is 26.4 Å². The molecule has 0 aliphatic rings. The Balaban J connectivity index is 1.86. The summed E-state index contributed by atoms with van der Waals surface area (Å²) in [7, 11) is 0. The minimum Gasteiger partial charge on any atom is -0.423 e. The van der Waals surface area contributed by atoms with Crippen molar-refractivity contribution in [2.24, 2.45) is 0 Å². The van der Waals surface area contributed by atoms with E-state index in [1.54, 1.807) is 60.7 Å². The molecule has 0 aliphatic carbocycles. The number of rotatable bonds is 4. The van der Waals surface area contributed by atoms with Gasteiger partial charge in [0.2, 0.25) is 0 Å². The molecule has 5 heteroatoms. The molecule has 0 amide bonds.